The van der Waals surface area contributed by atoms with E-state index in [0.717, 1.165) is 74.5 Å². The fraction of sp³-hybridized carbons (Fsp3) is 0.500. The van der Waals surface area contributed by atoms with Crippen LogP contribution in [0.25, 0.3) is 0 Å². The van der Waals surface area contributed by atoms with Crippen molar-refractivity contribution in [3.63, 3.8) is 0 Å². The molecule has 1 aliphatic heterocycles. The number of hydrogen-bond acceptors (Lipinski definition) is 4. The molecule has 0 radical (unpaired) electrons. The molecule has 1 heterocycles. The number of unbranched alkanes of at least 4 members (excludes halogenated alkanes) is 1. The highest BCUT2D eigenvalue weighted by molar-refractivity contribution is 6.30. The van der Waals surface area contributed by atoms with E-state index in [9.17, 15) is 15.0 Å². The summed E-state index contributed by atoms with van der Waals surface area (Å²) in [5, 5.41) is 21.3. The van der Waals surface area contributed by atoms with Crippen molar-refractivity contribution in [3.8, 4) is 5.75 Å². The van der Waals surface area contributed by atoms with Crippen LogP contribution >= 0.6 is 11.6 Å². The first-order chi connectivity index (χ1) is 17.4. The molecule has 6 heteroatoms. The number of aromatic carboxylic acids is 1. The first-order valence-corrected chi connectivity index (χ1v) is 13.7. The second kappa shape index (κ2) is 10.5. The van der Waals surface area contributed by atoms with Crippen LogP contribution in [0, 0.1) is 11.8 Å². The van der Waals surface area contributed by atoms with Crippen LogP contribution in [-0.4, -0.2) is 42.0 Å². The molecule has 0 aromatic heterocycles. The number of benzene rings is 2. The number of aliphatic hydroxyl groups is 1. The number of ether oxygens (including phenoxy) is 1. The normalized spacial score (nSPS) is 26.0. The van der Waals surface area contributed by atoms with E-state index in [2.05, 4.69) is 30.0 Å². The van der Waals surface area contributed by atoms with Gasteiger partial charge in [0.05, 0.1) is 24.0 Å². The zero-order valence-corrected chi connectivity index (χ0v) is 21.7. The lowest BCUT2D eigenvalue weighted by Crippen LogP contribution is -2.49. The number of aryl methyl sites for hydroxylation is 1. The van der Waals surface area contributed by atoms with Crippen molar-refractivity contribution in [1.82, 2.24) is 0 Å². The summed E-state index contributed by atoms with van der Waals surface area (Å²) in [6.45, 7) is 4.21. The first kappa shape index (κ1) is 25.2. The second-order valence-electron chi connectivity index (χ2n) is 10.8. The van der Waals surface area contributed by atoms with Crippen molar-refractivity contribution in [1.29, 1.82) is 0 Å². The topological polar surface area (TPSA) is 70.0 Å². The van der Waals surface area contributed by atoms with E-state index >= 15 is 0 Å². The SMILES string of the molecule is CCC/C=C/C(O)[C@@H]1CC[C@H]1CN1CC2(CCCc3cc(Cl)ccc32)COc2ccc(C(=O)O)cc21. The Labute approximate surface area is 218 Å². The Morgan fingerprint density at radius 1 is 1.28 bits per heavy atom. The zero-order valence-electron chi connectivity index (χ0n) is 21.0. The minimum atomic E-state index is -0.938. The van der Waals surface area contributed by atoms with Crippen LogP contribution < -0.4 is 9.64 Å². The molecule has 1 saturated carbocycles. The van der Waals surface area contributed by atoms with Gasteiger partial charge in [-0.1, -0.05) is 43.2 Å². The fourth-order valence-electron chi connectivity index (χ4n) is 6.35. The lowest BCUT2D eigenvalue weighted by molar-refractivity contribution is 0.0456. The molecule has 0 bridgehead atoms. The number of carbonyl (C=O) groups is 1. The number of nitrogens with zero attached hydrogens (tertiary/aromatic N) is 1. The number of halogens is 1. The number of allylic oxidation sites excluding steroid dienone is 1. The summed E-state index contributed by atoms with van der Waals surface area (Å²) in [6, 6.07) is 11.4. The smallest absolute Gasteiger partial charge is 0.335 e. The summed E-state index contributed by atoms with van der Waals surface area (Å²) in [5.41, 5.74) is 3.49. The third-order valence-electron chi connectivity index (χ3n) is 8.44. The molecule has 3 aliphatic rings. The van der Waals surface area contributed by atoms with E-state index in [0.29, 0.717) is 12.5 Å². The van der Waals surface area contributed by atoms with Crippen molar-refractivity contribution >= 4 is 23.3 Å². The van der Waals surface area contributed by atoms with Crippen molar-refractivity contribution in [2.24, 2.45) is 11.8 Å². The van der Waals surface area contributed by atoms with Gasteiger partial charge in [0.25, 0.3) is 0 Å². The zero-order chi connectivity index (χ0) is 25.3. The van der Waals surface area contributed by atoms with Gasteiger partial charge < -0.3 is 19.8 Å². The molecule has 2 unspecified atom stereocenters. The van der Waals surface area contributed by atoms with Crippen molar-refractivity contribution < 1.29 is 19.7 Å². The van der Waals surface area contributed by atoms with Gasteiger partial charge in [-0.2, -0.15) is 0 Å². The number of carboxylic acid groups (broad SMARTS) is 1. The number of fused-ring (bicyclic) bond motifs is 3. The van der Waals surface area contributed by atoms with Gasteiger partial charge in [0.15, 0.2) is 0 Å². The van der Waals surface area contributed by atoms with Gasteiger partial charge in [-0.25, -0.2) is 4.79 Å². The van der Waals surface area contributed by atoms with Crippen LogP contribution in [0.4, 0.5) is 5.69 Å². The van der Waals surface area contributed by atoms with Gasteiger partial charge in [-0.3, -0.25) is 0 Å². The molecule has 2 N–H and O–H groups in total. The molecule has 2 aliphatic carbocycles. The van der Waals surface area contributed by atoms with Crippen LogP contribution in [0.15, 0.2) is 48.6 Å². The number of carboxylic acids is 1. The van der Waals surface area contributed by atoms with E-state index in [-0.39, 0.29) is 16.9 Å². The predicted octanol–water partition coefficient (Wildman–Crippen LogP) is 6.25. The van der Waals surface area contributed by atoms with E-state index in [1.165, 1.54) is 11.1 Å². The van der Waals surface area contributed by atoms with Gasteiger partial charge >= 0.3 is 5.97 Å². The highest BCUT2D eigenvalue weighted by Crippen LogP contribution is 2.46. The van der Waals surface area contributed by atoms with Crippen LogP contribution in [0.5, 0.6) is 5.75 Å². The van der Waals surface area contributed by atoms with E-state index < -0.39 is 12.1 Å². The number of anilines is 1. The van der Waals surface area contributed by atoms with E-state index in [4.69, 9.17) is 16.3 Å². The lowest BCUT2D eigenvalue weighted by Gasteiger charge is -2.45. The van der Waals surface area contributed by atoms with E-state index in [1.54, 1.807) is 18.2 Å². The second-order valence-corrected chi connectivity index (χ2v) is 11.2. The monoisotopic (exact) mass is 509 g/mol. The molecule has 5 rings (SSSR count). The Morgan fingerprint density at radius 2 is 2.14 bits per heavy atom. The Hall–Kier alpha value is -2.50. The van der Waals surface area contributed by atoms with Gasteiger partial charge in [0.1, 0.15) is 5.75 Å². The van der Waals surface area contributed by atoms with Gasteiger partial charge in [0, 0.05) is 23.5 Å². The summed E-state index contributed by atoms with van der Waals surface area (Å²) >= 11 is 6.34. The Kier molecular flexibility index (Phi) is 7.32. The van der Waals surface area contributed by atoms with Crippen LogP contribution in [0.1, 0.15) is 66.9 Å². The average molecular weight is 510 g/mol. The van der Waals surface area contributed by atoms with Crippen molar-refractivity contribution in [2.45, 2.75) is 63.4 Å². The maximum Gasteiger partial charge on any atom is 0.335 e. The van der Waals surface area contributed by atoms with Gasteiger partial charge in [-0.15, -0.1) is 0 Å². The first-order valence-electron chi connectivity index (χ1n) is 13.3. The molecule has 192 valence electrons. The Morgan fingerprint density at radius 3 is 2.89 bits per heavy atom. The fourth-order valence-corrected chi connectivity index (χ4v) is 6.54. The van der Waals surface area contributed by atoms with Gasteiger partial charge in [-0.05, 0) is 91.8 Å². The molecule has 4 atom stereocenters. The number of aliphatic hydroxyl groups excluding tert-OH is 1. The largest absolute Gasteiger partial charge is 0.490 e. The van der Waals surface area contributed by atoms with Crippen LogP contribution in [0.2, 0.25) is 5.02 Å². The summed E-state index contributed by atoms with van der Waals surface area (Å²) in [7, 11) is 0. The molecule has 0 amide bonds. The average Bonchev–Trinajstić information content (AvgIpc) is 2.99. The Balaban J connectivity index is 1.48. The summed E-state index contributed by atoms with van der Waals surface area (Å²) in [6.07, 6.45) is 10.8. The number of hydrogen-bond donors (Lipinski definition) is 2. The van der Waals surface area contributed by atoms with E-state index in [1.807, 2.05) is 12.1 Å². The highest BCUT2D eigenvalue weighted by Gasteiger charge is 2.44. The summed E-state index contributed by atoms with van der Waals surface area (Å²) < 4.78 is 6.44. The van der Waals surface area contributed by atoms with Crippen molar-refractivity contribution in [2.75, 3.05) is 24.6 Å². The van der Waals surface area contributed by atoms with Crippen molar-refractivity contribution in [3.05, 3.63) is 70.3 Å². The predicted molar refractivity (Wildman–Crippen MR) is 143 cm³/mol. The number of rotatable bonds is 7. The van der Waals surface area contributed by atoms with Crippen LogP contribution in [-0.2, 0) is 11.8 Å². The molecule has 0 saturated heterocycles. The minimum absolute atomic E-state index is 0.195. The summed E-state index contributed by atoms with van der Waals surface area (Å²) in [4.78, 5) is 14.2. The molecule has 5 nitrogen and oxygen atoms in total. The summed E-state index contributed by atoms with van der Waals surface area (Å²) in [5.74, 6) is 0.363. The minimum Gasteiger partial charge on any atom is -0.490 e. The lowest BCUT2D eigenvalue weighted by atomic mass is 9.68. The molecular weight excluding hydrogens is 474 g/mol. The Bertz CT molecular complexity index is 1150. The van der Waals surface area contributed by atoms with Gasteiger partial charge in [0.2, 0.25) is 0 Å². The molecule has 1 spiro atoms. The third kappa shape index (κ3) is 4.88. The third-order valence-corrected chi connectivity index (χ3v) is 8.68. The molecule has 2 aromatic rings. The maximum absolute atomic E-state index is 11.8. The van der Waals surface area contributed by atoms with Crippen LogP contribution in [0.3, 0.4) is 0 Å². The molecule has 36 heavy (non-hydrogen) atoms. The molecule has 2 aromatic carbocycles. The quantitative estimate of drug-likeness (QED) is 0.431. The molecule has 1 fully saturated rings. The standard InChI is InChI=1S/C30H36ClNO4/c1-2-3-4-7-27(33)24-11-8-22(24)17-32-18-30(14-5-6-20-15-23(31)10-12-25(20)30)19-36-28-13-9-21(29(34)35)16-26(28)32/h4,7,9-10,12-13,15-16,22,24,27,33H,2-3,5-6,8,11,14,17-19H2,1H3,(H,34,35)/b7-4+/t22-,24+,27?,30?/m0/s1. The molecular formula is C30H36ClNO4. The maximum atomic E-state index is 11.8. The highest BCUT2D eigenvalue weighted by atomic mass is 35.5.